The Hall–Kier alpha value is -1.93. The molecule has 5 nitrogen and oxygen atoms in total. The second kappa shape index (κ2) is 7.19. The monoisotopic (exact) mass is 309 g/mol. The SMILES string of the molecule is C[C@@H](CC#Cc1cnc(N)c(Cl)c1)NC(=O)OC(C)(C)C. The van der Waals surface area contributed by atoms with Gasteiger partial charge >= 0.3 is 6.09 Å². The van der Waals surface area contributed by atoms with Crippen molar-refractivity contribution >= 4 is 23.5 Å². The maximum Gasteiger partial charge on any atom is 0.407 e. The summed E-state index contributed by atoms with van der Waals surface area (Å²) in [5.74, 6) is 6.16. The number of nitrogens with zero attached hydrogens (tertiary/aromatic N) is 1. The van der Waals surface area contributed by atoms with Crippen molar-refractivity contribution in [3.05, 3.63) is 22.8 Å². The van der Waals surface area contributed by atoms with Crippen LogP contribution < -0.4 is 11.1 Å². The predicted molar refractivity (Wildman–Crippen MR) is 84.0 cm³/mol. The standard InChI is InChI=1S/C15H20ClN3O2/c1-10(19-14(20)21-15(2,3)4)6-5-7-11-8-12(16)13(17)18-9-11/h8-10H,6H2,1-4H3,(H2,17,18)(H,19,20)/t10-/m0/s1. The van der Waals surface area contributed by atoms with E-state index in [2.05, 4.69) is 22.1 Å². The molecule has 6 heteroatoms. The fourth-order valence-corrected chi connectivity index (χ4v) is 1.55. The molecule has 0 aliphatic carbocycles. The molecule has 0 saturated heterocycles. The minimum Gasteiger partial charge on any atom is -0.444 e. The molecule has 3 N–H and O–H groups in total. The van der Waals surface area contributed by atoms with Gasteiger partial charge in [0.05, 0.1) is 5.02 Å². The molecule has 21 heavy (non-hydrogen) atoms. The van der Waals surface area contributed by atoms with Crippen LogP contribution in [-0.4, -0.2) is 22.7 Å². The number of rotatable bonds is 2. The predicted octanol–water partition coefficient (Wildman–Crippen LogP) is 2.97. The second-order valence-electron chi connectivity index (χ2n) is 5.64. The lowest BCUT2D eigenvalue weighted by Gasteiger charge is -2.21. The molecular weight excluding hydrogens is 290 g/mol. The highest BCUT2D eigenvalue weighted by Crippen LogP contribution is 2.15. The van der Waals surface area contributed by atoms with Gasteiger partial charge in [-0.2, -0.15) is 0 Å². The number of ether oxygens (including phenoxy) is 1. The molecule has 114 valence electrons. The van der Waals surface area contributed by atoms with E-state index in [4.69, 9.17) is 22.1 Å². The lowest BCUT2D eigenvalue weighted by molar-refractivity contribution is 0.0509. The van der Waals surface area contributed by atoms with Gasteiger partial charge in [-0.05, 0) is 33.8 Å². The third-order valence-corrected chi connectivity index (χ3v) is 2.58. The van der Waals surface area contributed by atoms with Gasteiger partial charge in [0.15, 0.2) is 0 Å². The van der Waals surface area contributed by atoms with Crippen LogP contribution in [0.25, 0.3) is 0 Å². The Bertz CT molecular complexity index is 571. The van der Waals surface area contributed by atoms with Crippen molar-refractivity contribution in [3.63, 3.8) is 0 Å². The second-order valence-corrected chi connectivity index (χ2v) is 6.05. The Morgan fingerprint density at radius 2 is 2.24 bits per heavy atom. The number of nitrogen functional groups attached to an aromatic ring is 1. The van der Waals surface area contributed by atoms with Crippen molar-refractivity contribution < 1.29 is 9.53 Å². The van der Waals surface area contributed by atoms with Gasteiger partial charge in [0, 0.05) is 24.2 Å². The van der Waals surface area contributed by atoms with E-state index in [-0.39, 0.29) is 11.9 Å². The van der Waals surface area contributed by atoms with Crippen LogP contribution in [0.4, 0.5) is 10.6 Å². The van der Waals surface area contributed by atoms with Crippen LogP contribution in [0.15, 0.2) is 12.3 Å². The Labute approximate surface area is 130 Å². The van der Waals surface area contributed by atoms with Crippen LogP contribution in [-0.2, 0) is 4.74 Å². The van der Waals surface area contributed by atoms with Crippen molar-refractivity contribution in [2.75, 3.05) is 5.73 Å². The lowest BCUT2D eigenvalue weighted by atomic mass is 10.2. The van der Waals surface area contributed by atoms with Gasteiger partial charge in [-0.15, -0.1) is 0 Å². The van der Waals surface area contributed by atoms with E-state index in [0.717, 1.165) is 0 Å². The van der Waals surface area contributed by atoms with Crippen molar-refractivity contribution in [1.82, 2.24) is 10.3 Å². The summed E-state index contributed by atoms with van der Waals surface area (Å²) in [4.78, 5) is 15.5. The summed E-state index contributed by atoms with van der Waals surface area (Å²) < 4.78 is 5.16. The van der Waals surface area contributed by atoms with E-state index >= 15 is 0 Å². The summed E-state index contributed by atoms with van der Waals surface area (Å²) in [6.07, 6.45) is 1.59. The molecule has 0 spiro atoms. The Kier molecular flexibility index (Phi) is 5.86. The summed E-state index contributed by atoms with van der Waals surface area (Å²) >= 11 is 5.86. The number of aromatic nitrogens is 1. The number of carbonyl (C=O) groups is 1. The van der Waals surface area contributed by atoms with Crippen molar-refractivity contribution in [2.45, 2.75) is 45.8 Å². The van der Waals surface area contributed by atoms with Crippen LogP contribution in [0, 0.1) is 11.8 Å². The fraction of sp³-hybridized carbons (Fsp3) is 0.467. The van der Waals surface area contributed by atoms with Crippen LogP contribution in [0.5, 0.6) is 0 Å². The number of nitrogens with two attached hydrogens (primary N) is 1. The Morgan fingerprint density at radius 1 is 1.57 bits per heavy atom. The van der Waals surface area contributed by atoms with E-state index < -0.39 is 11.7 Å². The first kappa shape index (κ1) is 17.1. The minimum atomic E-state index is -0.512. The number of alkyl carbamates (subject to hydrolysis) is 1. The quantitative estimate of drug-likeness (QED) is 0.823. The molecule has 0 unspecified atom stereocenters. The average Bonchev–Trinajstić information content (AvgIpc) is 2.31. The number of hydrogen-bond acceptors (Lipinski definition) is 4. The summed E-state index contributed by atoms with van der Waals surface area (Å²) in [6.45, 7) is 7.30. The number of carbonyl (C=O) groups excluding carboxylic acids is 1. The topological polar surface area (TPSA) is 77.2 Å². The molecule has 1 heterocycles. The molecule has 1 aromatic rings. The van der Waals surface area contributed by atoms with E-state index in [1.807, 2.05) is 27.7 Å². The molecule has 0 aliphatic rings. The zero-order valence-electron chi connectivity index (χ0n) is 12.7. The number of hydrogen-bond donors (Lipinski definition) is 2. The normalized spacial score (nSPS) is 12.0. The Balaban J connectivity index is 2.50. The Morgan fingerprint density at radius 3 is 2.81 bits per heavy atom. The van der Waals surface area contributed by atoms with Crippen molar-refractivity contribution in [2.24, 2.45) is 0 Å². The zero-order chi connectivity index (χ0) is 16.0. The highest BCUT2D eigenvalue weighted by atomic mass is 35.5. The van der Waals surface area contributed by atoms with E-state index in [9.17, 15) is 4.79 Å². The summed E-state index contributed by atoms with van der Waals surface area (Å²) in [5, 5.41) is 3.09. The number of pyridine rings is 1. The largest absolute Gasteiger partial charge is 0.444 e. The first-order chi connectivity index (χ1) is 9.67. The molecular formula is C15H20ClN3O2. The van der Waals surface area contributed by atoms with E-state index in [1.165, 1.54) is 0 Å². The van der Waals surface area contributed by atoms with Gasteiger partial charge in [0.1, 0.15) is 11.4 Å². The maximum atomic E-state index is 11.6. The van der Waals surface area contributed by atoms with Crippen LogP contribution in [0.1, 0.15) is 39.7 Å². The van der Waals surface area contributed by atoms with Gasteiger partial charge in [0.2, 0.25) is 0 Å². The fourth-order valence-electron chi connectivity index (χ4n) is 1.38. The van der Waals surface area contributed by atoms with Crippen molar-refractivity contribution in [3.8, 4) is 11.8 Å². The lowest BCUT2D eigenvalue weighted by Crippen LogP contribution is -2.37. The number of anilines is 1. The summed E-state index contributed by atoms with van der Waals surface area (Å²) in [7, 11) is 0. The smallest absolute Gasteiger partial charge is 0.407 e. The molecule has 0 radical (unpaired) electrons. The van der Waals surface area contributed by atoms with Crippen LogP contribution in [0.3, 0.4) is 0 Å². The number of nitrogens with one attached hydrogen (secondary N) is 1. The number of amides is 1. The van der Waals surface area contributed by atoms with Gasteiger partial charge in [-0.3, -0.25) is 0 Å². The van der Waals surface area contributed by atoms with Gasteiger partial charge in [-0.1, -0.05) is 23.4 Å². The highest BCUT2D eigenvalue weighted by molar-refractivity contribution is 6.32. The van der Waals surface area contributed by atoms with Gasteiger partial charge in [-0.25, -0.2) is 9.78 Å². The molecule has 1 rings (SSSR count). The molecule has 1 amide bonds. The van der Waals surface area contributed by atoms with Crippen LogP contribution >= 0.6 is 11.6 Å². The van der Waals surface area contributed by atoms with Crippen molar-refractivity contribution in [1.29, 1.82) is 0 Å². The third-order valence-electron chi connectivity index (χ3n) is 2.27. The minimum absolute atomic E-state index is 0.121. The molecule has 1 aromatic heterocycles. The van der Waals surface area contributed by atoms with E-state index in [0.29, 0.717) is 17.0 Å². The molecule has 0 fully saturated rings. The average molecular weight is 310 g/mol. The third kappa shape index (κ3) is 6.87. The summed E-state index contributed by atoms with van der Waals surface area (Å²) in [6, 6.07) is 1.53. The molecule has 0 saturated carbocycles. The maximum absolute atomic E-state index is 11.6. The molecule has 0 bridgehead atoms. The molecule has 1 atom stereocenters. The van der Waals surface area contributed by atoms with Gasteiger partial charge < -0.3 is 15.8 Å². The molecule has 0 aromatic carbocycles. The first-order valence-electron chi connectivity index (χ1n) is 6.57. The zero-order valence-corrected chi connectivity index (χ0v) is 13.4. The van der Waals surface area contributed by atoms with Crippen LogP contribution in [0.2, 0.25) is 5.02 Å². The summed E-state index contributed by atoms with van der Waals surface area (Å²) in [5.41, 5.74) is 5.69. The highest BCUT2D eigenvalue weighted by Gasteiger charge is 2.17. The van der Waals surface area contributed by atoms with Gasteiger partial charge in [0.25, 0.3) is 0 Å². The number of halogens is 1. The first-order valence-corrected chi connectivity index (χ1v) is 6.94. The molecule has 0 aliphatic heterocycles. The van der Waals surface area contributed by atoms with E-state index in [1.54, 1.807) is 12.3 Å².